The van der Waals surface area contributed by atoms with E-state index in [1.165, 1.54) is 22.7 Å². The van der Waals surface area contributed by atoms with Gasteiger partial charge in [0.25, 0.3) is 0 Å². The van der Waals surface area contributed by atoms with Gasteiger partial charge in [-0.15, -0.1) is 0 Å². The van der Waals surface area contributed by atoms with Crippen LogP contribution >= 0.6 is 22.7 Å². The number of thiophene rings is 2. The summed E-state index contributed by atoms with van der Waals surface area (Å²) < 4.78 is 0. The Morgan fingerprint density at radius 2 is 1.20 bits per heavy atom. The predicted octanol–water partition coefficient (Wildman–Crippen LogP) is 1.73. The van der Waals surface area contributed by atoms with Crippen LogP contribution in [-0.4, -0.2) is 32.4 Å². The lowest BCUT2D eigenvalue weighted by molar-refractivity contribution is -0.147. The fraction of sp³-hybridized carbons (Fsp3) is 0.167. The smallest absolute Gasteiger partial charge is 0.337 e. The third-order valence-electron chi connectivity index (χ3n) is 2.19. The molecule has 2 atom stereocenters. The molecule has 108 valence electrons. The average molecular weight is 316 g/mol. The molecule has 0 aromatic carbocycles. The van der Waals surface area contributed by atoms with Crippen LogP contribution in [0, 0.1) is 0 Å². The largest absolute Gasteiger partial charge is 0.479 e. The molecule has 6 nitrogen and oxygen atoms in total. The summed E-state index contributed by atoms with van der Waals surface area (Å²) in [5.74, 6) is -2.42. The fourth-order valence-electron chi connectivity index (χ4n) is 1.15. The van der Waals surface area contributed by atoms with E-state index < -0.39 is 24.1 Å². The van der Waals surface area contributed by atoms with Gasteiger partial charge in [0.1, 0.15) is 0 Å². The summed E-state index contributed by atoms with van der Waals surface area (Å²) in [7, 11) is 0. The van der Waals surface area contributed by atoms with Gasteiger partial charge in [0.15, 0.2) is 12.2 Å². The highest BCUT2D eigenvalue weighted by atomic mass is 32.1. The quantitative estimate of drug-likeness (QED) is 0.683. The number of aliphatic hydroxyl groups excluding tert-OH is 2. The van der Waals surface area contributed by atoms with Gasteiger partial charge in [-0.05, 0) is 33.7 Å². The van der Waals surface area contributed by atoms with E-state index in [-0.39, 0.29) is 0 Å². The van der Waals surface area contributed by atoms with Crippen LogP contribution in [-0.2, 0) is 9.59 Å². The molecule has 4 N–H and O–H groups in total. The molecule has 0 amide bonds. The molecular weight excluding hydrogens is 304 g/mol. The monoisotopic (exact) mass is 316 g/mol. The summed E-state index contributed by atoms with van der Waals surface area (Å²) in [6.07, 6.45) is -2.74. The number of carboxylic acids is 2. The van der Waals surface area contributed by atoms with E-state index >= 15 is 0 Å². The minimum Gasteiger partial charge on any atom is -0.479 e. The molecule has 0 unspecified atom stereocenters. The van der Waals surface area contributed by atoms with Gasteiger partial charge in [-0.3, -0.25) is 0 Å². The van der Waals surface area contributed by atoms with E-state index in [1.807, 2.05) is 0 Å². The number of hydrogen-bond donors (Lipinski definition) is 4. The van der Waals surface area contributed by atoms with Gasteiger partial charge >= 0.3 is 11.9 Å². The Labute approximate surface area is 122 Å². The number of hydrogen-bond acceptors (Lipinski definition) is 6. The molecule has 2 rings (SSSR count). The Hall–Kier alpha value is -1.74. The third-order valence-corrected chi connectivity index (χ3v) is 3.59. The topological polar surface area (TPSA) is 115 Å². The lowest BCUT2D eigenvalue weighted by Crippen LogP contribution is -2.08. The second-order valence-electron chi connectivity index (χ2n) is 3.59. The van der Waals surface area contributed by atoms with E-state index in [4.69, 9.17) is 20.4 Å². The maximum absolute atomic E-state index is 10.2. The molecule has 0 aliphatic carbocycles. The first-order valence-corrected chi connectivity index (χ1v) is 7.18. The zero-order valence-corrected chi connectivity index (χ0v) is 11.7. The standard InChI is InChI=1S/2C6H6O3S/c2*7-5(6(8)9)4-1-2-10-3-4/h2*1-3,5,7H,(H,8,9)/t2*5-/m10/s1. The molecule has 0 saturated heterocycles. The lowest BCUT2D eigenvalue weighted by Gasteiger charge is -1.99. The number of carbonyl (C=O) groups is 2. The first-order chi connectivity index (χ1) is 9.43. The van der Waals surface area contributed by atoms with Crippen LogP contribution in [0.4, 0.5) is 0 Å². The van der Waals surface area contributed by atoms with Crippen molar-refractivity contribution >= 4 is 34.6 Å². The van der Waals surface area contributed by atoms with Gasteiger partial charge in [-0.1, -0.05) is 0 Å². The highest BCUT2D eigenvalue weighted by Crippen LogP contribution is 2.16. The first-order valence-electron chi connectivity index (χ1n) is 5.29. The van der Waals surface area contributed by atoms with Crippen LogP contribution in [0.15, 0.2) is 33.7 Å². The normalized spacial score (nSPS) is 12.9. The third kappa shape index (κ3) is 4.74. The molecule has 0 bridgehead atoms. The van der Waals surface area contributed by atoms with Crippen molar-refractivity contribution in [3.05, 3.63) is 44.8 Å². The second kappa shape index (κ2) is 7.75. The highest BCUT2D eigenvalue weighted by Gasteiger charge is 2.15. The average Bonchev–Trinajstić information content (AvgIpc) is 3.10. The fourth-order valence-corrected chi connectivity index (χ4v) is 2.50. The van der Waals surface area contributed by atoms with E-state index in [0.717, 1.165) is 0 Å². The SMILES string of the molecule is O=C(O)[C@@H](O)c1ccsc1.O=C(O)[C@H](O)c1ccsc1. The zero-order valence-electron chi connectivity index (χ0n) is 10.0. The maximum Gasteiger partial charge on any atom is 0.337 e. The first kappa shape index (κ1) is 16.3. The van der Waals surface area contributed by atoms with Crippen molar-refractivity contribution in [2.75, 3.05) is 0 Å². The second-order valence-corrected chi connectivity index (χ2v) is 5.15. The number of carboxylic acid groups (broad SMARTS) is 2. The van der Waals surface area contributed by atoms with E-state index in [9.17, 15) is 9.59 Å². The maximum atomic E-state index is 10.2. The van der Waals surface area contributed by atoms with E-state index in [0.29, 0.717) is 11.1 Å². The Morgan fingerprint density at radius 1 is 0.850 bits per heavy atom. The molecule has 0 aliphatic rings. The Morgan fingerprint density at radius 3 is 1.40 bits per heavy atom. The van der Waals surface area contributed by atoms with Crippen LogP contribution in [0.2, 0.25) is 0 Å². The summed E-state index contributed by atoms with van der Waals surface area (Å²) in [5, 5.41) is 41.1. The number of rotatable bonds is 4. The molecule has 0 saturated carbocycles. The van der Waals surface area contributed by atoms with Crippen molar-refractivity contribution < 1.29 is 30.0 Å². The van der Waals surface area contributed by atoms with Gasteiger partial charge in [0.05, 0.1) is 0 Å². The van der Waals surface area contributed by atoms with E-state index in [2.05, 4.69) is 0 Å². The zero-order chi connectivity index (χ0) is 15.1. The Kier molecular flexibility index (Phi) is 6.32. The number of aliphatic carboxylic acids is 2. The van der Waals surface area contributed by atoms with Gasteiger partial charge in [0.2, 0.25) is 0 Å². The molecule has 0 spiro atoms. The van der Waals surface area contributed by atoms with Gasteiger partial charge < -0.3 is 20.4 Å². The number of aliphatic hydroxyl groups is 2. The molecule has 0 radical (unpaired) electrons. The van der Waals surface area contributed by atoms with E-state index in [1.54, 1.807) is 33.7 Å². The van der Waals surface area contributed by atoms with Gasteiger partial charge in [-0.25, -0.2) is 9.59 Å². The summed E-state index contributed by atoms with van der Waals surface area (Å²) in [4.78, 5) is 20.3. The summed E-state index contributed by atoms with van der Waals surface area (Å²) >= 11 is 2.72. The van der Waals surface area contributed by atoms with Crippen molar-refractivity contribution in [2.24, 2.45) is 0 Å². The van der Waals surface area contributed by atoms with Crippen molar-refractivity contribution in [1.82, 2.24) is 0 Å². The molecule has 2 aromatic heterocycles. The van der Waals surface area contributed by atoms with Crippen LogP contribution in [0.3, 0.4) is 0 Å². The van der Waals surface area contributed by atoms with Crippen LogP contribution in [0.25, 0.3) is 0 Å². The van der Waals surface area contributed by atoms with Crippen LogP contribution < -0.4 is 0 Å². The predicted molar refractivity (Wildman–Crippen MR) is 73.8 cm³/mol. The molecule has 0 aliphatic heterocycles. The highest BCUT2D eigenvalue weighted by molar-refractivity contribution is 7.08. The van der Waals surface area contributed by atoms with Crippen LogP contribution in [0.5, 0.6) is 0 Å². The summed E-state index contributed by atoms with van der Waals surface area (Å²) in [6.45, 7) is 0. The van der Waals surface area contributed by atoms with Crippen LogP contribution in [0.1, 0.15) is 23.3 Å². The van der Waals surface area contributed by atoms with Gasteiger partial charge in [0, 0.05) is 11.1 Å². The van der Waals surface area contributed by atoms with Crippen molar-refractivity contribution in [1.29, 1.82) is 0 Å². The van der Waals surface area contributed by atoms with Gasteiger partial charge in [-0.2, -0.15) is 22.7 Å². The Balaban J connectivity index is 0.000000200. The molecule has 0 fully saturated rings. The molecule has 2 aromatic rings. The molecule has 8 heteroatoms. The minimum atomic E-state index is -1.37. The summed E-state index contributed by atoms with van der Waals surface area (Å²) in [6, 6.07) is 3.17. The van der Waals surface area contributed by atoms with Crippen molar-refractivity contribution in [3.63, 3.8) is 0 Å². The van der Waals surface area contributed by atoms with Crippen molar-refractivity contribution in [3.8, 4) is 0 Å². The summed E-state index contributed by atoms with van der Waals surface area (Å²) in [5.41, 5.74) is 0.884. The lowest BCUT2D eigenvalue weighted by atomic mass is 10.2. The Bertz CT molecular complexity index is 484. The minimum absolute atomic E-state index is 0.442. The molecule has 2 heterocycles. The van der Waals surface area contributed by atoms with Crippen molar-refractivity contribution in [2.45, 2.75) is 12.2 Å². The molecular formula is C12H12O6S2. The molecule has 20 heavy (non-hydrogen) atoms.